The Morgan fingerprint density at radius 1 is 0.900 bits per heavy atom. The molecule has 0 radical (unpaired) electrons. The molecule has 0 aliphatic heterocycles. The van der Waals surface area contributed by atoms with Gasteiger partial charge in [-0.1, -0.05) is 47.6 Å². The lowest BCUT2D eigenvalue weighted by Gasteiger charge is -2.26. The number of aryl methyl sites for hydroxylation is 1. The van der Waals surface area contributed by atoms with Crippen molar-refractivity contribution in [1.82, 2.24) is 0 Å². The first-order valence-electron chi connectivity index (χ1n) is 7.09. The number of rotatable bonds is 0. The Morgan fingerprint density at radius 3 is 2.00 bits per heavy atom. The van der Waals surface area contributed by atoms with Crippen LogP contribution in [0.15, 0.2) is 27.4 Å². The fraction of sp³-hybridized carbons (Fsp3) is 0.500. The van der Waals surface area contributed by atoms with Gasteiger partial charge in [-0.2, -0.15) is 0 Å². The van der Waals surface area contributed by atoms with Gasteiger partial charge in [0.15, 0.2) is 5.43 Å². The highest BCUT2D eigenvalue weighted by atomic mass is 16.3. The monoisotopic (exact) mass is 272 g/mol. The van der Waals surface area contributed by atoms with Crippen LogP contribution < -0.4 is 5.43 Å². The summed E-state index contributed by atoms with van der Waals surface area (Å²) in [5, 5.41) is 0.688. The van der Waals surface area contributed by atoms with Gasteiger partial charge in [-0.3, -0.25) is 4.79 Å². The van der Waals surface area contributed by atoms with Gasteiger partial charge in [-0.25, -0.2) is 0 Å². The Labute approximate surface area is 120 Å². The lowest BCUT2D eigenvalue weighted by atomic mass is 9.79. The number of benzene rings is 1. The van der Waals surface area contributed by atoms with Gasteiger partial charge < -0.3 is 4.42 Å². The Kier molecular flexibility index (Phi) is 3.32. The molecule has 0 fully saturated rings. The van der Waals surface area contributed by atoms with Gasteiger partial charge in [0.05, 0.1) is 5.39 Å². The minimum Gasteiger partial charge on any atom is -0.461 e. The van der Waals surface area contributed by atoms with E-state index in [4.69, 9.17) is 4.42 Å². The maximum atomic E-state index is 12.3. The molecule has 1 aromatic heterocycles. The summed E-state index contributed by atoms with van der Waals surface area (Å²) in [6, 6.07) is 5.74. The lowest BCUT2D eigenvalue weighted by Crippen LogP contribution is -2.18. The normalized spacial score (nSPS) is 12.9. The third-order valence-electron chi connectivity index (χ3n) is 3.63. The van der Waals surface area contributed by atoms with Crippen LogP contribution in [0.2, 0.25) is 0 Å². The molecule has 1 aromatic carbocycles. The fourth-order valence-electron chi connectivity index (χ4n) is 2.36. The molecule has 0 N–H and O–H groups in total. The molecule has 2 aromatic rings. The van der Waals surface area contributed by atoms with Crippen molar-refractivity contribution in [1.29, 1.82) is 0 Å². The summed E-state index contributed by atoms with van der Waals surface area (Å²) in [5.74, 6) is 0.663. The highest BCUT2D eigenvalue weighted by Gasteiger charge is 2.24. The van der Waals surface area contributed by atoms with Crippen molar-refractivity contribution in [2.24, 2.45) is 0 Å². The summed E-state index contributed by atoms with van der Waals surface area (Å²) >= 11 is 0. The molecule has 0 spiro atoms. The summed E-state index contributed by atoms with van der Waals surface area (Å²) in [7, 11) is 0. The van der Waals surface area contributed by atoms with E-state index in [0.29, 0.717) is 11.1 Å². The Bertz CT molecular complexity index is 707. The topological polar surface area (TPSA) is 30.2 Å². The van der Waals surface area contributed by atoms with Gasteiger partial charge in [-0.05, 0) is 29.4 Å². The second-order valence-electron chi connectivity index (χ2n) is 7.62. The number of fused-ring (bicyclic) bond motifs is 1. The summed E-state index contributed by atoms with van der Waals surface area (Å²) in [6.07, 6.45) is 0. The van der Waals surface area contributed by atoms with E-state index in [1.807, 2.05) is 13.0 Å². The van der Waals surface area contributed by atoms with Crippen molar-refractivity contribution < 1.29 is 4.42 Å². The van der Waals surface area contributed by atoms with Crippen molar-refractivity contribution in [3.63, 3.8) is 0 Å². The van der Waals surface area contributed by atoms with Gasteiger partial charge in [0.25, 0.3) is 0 Å². The summed E-state index contributed by atoms with van der Waals surface area (Å²) in [6.45, 7) is 14.8. The van der Waals surface area contributed by atoms with Crippen molar-refractivity contribution in [3.8, 4) is 0 Å². The third-order valence-corrected chi connectivity index (χ3v) is 3.63. The van der Waals surface area contributed by atoms with E-state index in [0.717, 1.165) is 11.1 Å². The zero-order chi connectivity index (χ0) is 15.3. The van der Waals surface area contributed by atoms with E-state index in [2.05, 4.69) is 47.6 Å². The molecule has 1 heterocycles. The summed E-state index contributed by atoms with van der Waals surface area (Å²) < 4.78 is 5.87. The number of hydrogen-bond donors (Lipinski definition) is 0. The van der Waals surface area contributed by atoms with Crippen LogP contribution in [-0.2, 0) is 10.8 Å². The zero-order valence-corrected chi connectivity index (χ0v) is 13.5. The molecule has 0 saturated heterocycles. The minimum atomic E-state index is -0.0662. The van der Waals surface area contributed by atoms with Gasteiger partial charge in [0, 0.05) is 11.6 Å². The van der Waals surface area contributed by atoms with Gasteiger partial charge in [0.1, 0.15) is 11.3 Å². The maximum absolute atomic E-state index is 12.3. The Morgan fingerprint density at radius 2 is 1.50 bits per heavy atom. The molecule has 108 valence electrons. The first kappa shape index (κ1) is 14.8. The van der Waals surface area contributed by atoms with Crippen molar-refractivity contribution >= 4 is 11.0 Å². The molecule has 2 rings (SSSR count). The second kappa shape index (κ2) is 4.47. The predicted molar refractivity (Wildman–Crippen MR) is 84.6 cm³/mol. The van der Waals surface area contributed by atoms with Crippen LogP contribution in [0.3, 0.4) is 0 Å². The second-order valence-corrected chi connectivity index (χ2v) is 7.62. The average molecular weight is 272 g/mol. The van der Waals surface area contributed by atoms with E-state index in [1.54, 1.807) is 6.07 Å². The molecule has 0 amide bonds. The Balaban J connectivity index is 2.97. The predicted octanol–water partition coefficient (Wildman–Crippen LogP) is 4.70. The van der Waals surface area contributed by atoms with Gasteiger partial charge in [-0.15, -0.1) is 0 Å². The molecule has 0 unspecified atom stereocenters. The fourth-order valence-corrected chi connectivity index (χ4v) is 2.36. The average Bonchev–Trinajstić information content (AvgIpc) is 2.24. The van der Waals surface area contributed by atoms with E-state index in [-0.39, 0.29) is 16.3 Å². The van der Waals surface area contributed by atoms with Crippen LogP contribution in [0.5, 0.6) is 0 Å². The van der Waals surface area contributed by atoms with Crippen LogP contribution in [0, 0.1) is 6.92 Å². The smallest absolute Gasteiger partial charge is 0.192 e. The van der Waals surface area contributed by atoms with Crippen LogP contribution >= 0.6 is 0 Å². The SMILES string of the molecule is Cc1cc(=O)c2cc(C(C)(C)C)cc(C(C)(C)C)c2o1. The largest absolute Gasteiger partial charge is 0.461 e. The Hall–Kier alpha value is -1.57. The van der Waals surface area contributed by atoms with E-state index in [1.165, 1.54) is 5.56 Å². The molecule has 2 heteroatoms. The van der Waals surface area contributed by atoms with Crippen molar-refractivity contribution in [3.05, 3.63) is 45.3 Å². The quantitative estimate of drug-likeness (QED) is 0.696. The van der Waals surface area contributed by atoms with E-state index in [9.17, 15) is 4.79 Å². The van der Waals surface area contributed by atoms with Crippen LogP contribution in [0.1, 0.15) is 58.4 Å². The molecule has 0 bridgehead atoms. The highest BCUT2D eigenvalue weighted by molar-refractivity contribution is 5.82. The molecule has 0 saturated carbocycles. The van der Waals surface area contributed by atoms with E-state index < -0.39 is 0 Å². The molecular formula is C18H24O2. The van der Waals surface area contributed by atoms with E-state index >= 15 is 0 Å². The first-order valence-corrected chi connectivity index (χ1v) is 7.09. The first-order chi connectivity index (χ1) is 9.00. The van der Waals surface area contributed by atoms with Gasteiger partial charge >= 0.3 is 0 Å². The molecule has 0 aliphatic carbocycles. The summed E-state index contributed by atoms with van der Waals surface area (Å²) in [4.78, 5) is 12.3. The molecule has 0 atom stereocenters. The summed E-state index contributed by atoms with van der Waals surface area (Å²) in [5.41, 5.74) is 2.98. The molecule has 20 heavy (non-hydrogen) atoms. The van der Waals surface area contributed by atoms with Crippen molar-refractivity contribution in [2.45, 2.75) is 59.3 Å². The molecule has 2 nitrogen and oxygen atoms in total. The molecule has 0 aliphatic rings. The third kappa shape index (κ3) is 2.65. The lowest BCUT2D eigenvalue weighted by molar-refractivity contribution is 0.527. The van der Waals surface area contributed by atoms with Crippen molar-refractivity contribution in [2.75, 3.05) is 0 Å². The van der Waals surface area contributed by atoms with Crippen LogP contribution in [0.25, 0.3) is 11.0 Å². The zero-order valence-electron chi connectivity index (χ0n) is 13.5. The standard InChI is InChI=1S/C18H24O2/c1-11-8-15(19)13-9-12(17(2,3)4)10-14(16(13)20-11)18(5,6)7/h8-10H,1-7H3. The number of hydrogen-bond acceptors (Lipinski definition) is 2. The van der Waals surface area contributed by atoms with Crippen LogP contribution in [-0.4, -0.2) is 0 Å². The van der Waals surface area contributed by atoms with Gasteiger partial charge in [0.2, 0.25) is 0 Å². The molecular weight excluding hydrogens is 248 g/mol. The maximum Gasteiger partial charge on any atom is 0.192 e. The highest BCUT2D eigenvalue weighted by Crippen LogP contribution is 2.34. The van der Waals surface area contributed by atoms with Crippen LogP contribution in [0.4, 0.5) is 0 Å². The minimum absolute atomic E-state index is 0.00547.